The summed E-state index contributed by atoms with van der Waals surface area (Å²) in [6.07, 6.45) is 0. The number of nitrogens with one attached hydrogen (secondary N) is 3. The van der Waals surface area contributed by atoms with Crippen LogP contribution in [-0.4, -0.2) is 25.6 Å². The molecule has 0 saturated heterocycles. The molecular formula is C21H26FN3O3. The van der Waals surface area contributed by atoms with Gasteiger partial charge in [0, 0.05) is 6.54 Å². The summed E-state index contributed by atoms with van der Waals surface area (Å²) in [5.41, 5.74) is 1.73. The minimum absolute atomic E-state index is 0.144. The van der Waals surface area contributed by atoms with Crippen LogP contribution in [0.4, 0.5) is 9.18 Å². The second-order valence-corrected chi connectivity index (χ2v) is 6.73. The van der Waals surface area contributed by atoms with Gasteiger partial charge in [0.1, 0.15) is 11.6 Å². The Balaban J connectivity index is 1.81. The number of carbonyl (C=O) groups excluding carboxylic acids is 2. The fraction of sp³-hybridized carbons (Fsp3) is 0.333. The van der Waals surface area contributed by atoms with Crippen molar-refractivity contribution in [3.63, 3.8) is 0 Å². The highest BCUT2D eigenvalue weighted by Gasteiger charge is 2.18. The third-order valence-electron chi connectivity index (χ3n) is 4.23. The molecule has 0 bridgehead atoms. The van der Waals surface area contributed by atoms with E-state index >= 15 is 0 Å². The largest absolute Gasteiger partial charge is 0.497 e. The number of halogens is 1. The first kappa shape index (κ1) is 21.2. The molecule has 3 N–H and O–H groups in total. The number of hydrogen-bond donors (Lipinski definition) is 3. The maximum absolute atomic E-state index is 12.9. The van der Waals surface area contributed by atoms with Gasteiger partial charge in [0.25, 0.3) is 0 Å². The van der Waals surface area contributed by atoms with Crippen LogP contribution in [-0.2, 0) is 11.3 Å². The molecule has 7 heteroatoms. The van der Waals surface area contributed by atoms with Gasteiger partial charge in [-0.05, 0) is 41.3 Å². The van der Waals surface area contributed by atoms with E-state index in [2.05, 4.69) is 16.0 Å². The summed E-state index contributed by atoms with van der Waals surface area (Å²) in [6.45, 7) is 4.12. The van der Waals surface area contributed by atoms with Crippen LogP contribution in [0.1, 0.15) is 31.0 Å². The topological polar surface area (TPSA) is 79.5 Å². The van der Waals surface area contributed by atoms with E-state index in [1.54, 1.807) is 19.2 Å². The minimum Gasteiger partial charge on any atom is -0.497 e. The lowest BCUT2D eigenvalue weighted by Crippen LogP contribution is -2.43. The Kier molecular flexibility index (Phi) is 7.80. The quantitative estimate of drug-likeness (QED) is 0.651. The zero-order valence-corrected chi connectivity index (χ0v) is 16.3. The van der Waals surface area contributed by atoms with E-state index in [9.17, 15) is 14.0 Å². The molecule has 28 heavy (non-hydrogen) atoms. The normalized spacial score (nSPS) is 11.6. The van der Waals surface area contributed by atoms with Crippen LogP contribution in [0.25, 0.3) is 0 Å². The summed E-state index contributed by atoms with van der Waals surface area (Å²) in [5.74, 6) is 0.301. The molecule has 6 nitrogen and oxygen atoms in total. The monoisotopic (exact) mass is 387 g/mol. The van der Waals surface area contributed by atoms with Crippen LogP contribution in [0.2, 0.25) is 0 Å². The molecule has 1 atom stereocenters. The smallest absolute Gasteiger partial charge is 0.315 e. The summed E-state index contributed by atoms with van der Waals surface area (Å²) in [4.78, 5) is 24.1. The van der Waals surface area contributed by atoms with Crippen molar-refractivity contribution in [3.8, 4) is 5.75 Å². The molecule has 3 amide bonds. The molecule has 0 spiro atoms. The lowest BCUT2D eigenvalue weighted by Gasteiger charge is -2.23. The van der Waals surface area contributed by atoms with Gasteiger partial charge in [-0.1, -0.05) is 38.1 Å². The van der Waals surface area contributed by atoms with E-state index in [0.717, 1.165) is 16.9 Å². The van der Waals surface area contributed by atoms with Crippen molar-refractivity contribution in [1.82, 2.24) is 16.0 Å². The predicted octanol–water partition coefficient (Wildman–Crippen LogP) is 3.15. The lowest BCUT2D eigenvalue weighted by atomic mass is 9.96. The molecule has 2 rings (SSSR count). The van der Waals surface area contributed by atoms with Gasteiger partial charge in [0.15, 0.2) is 0 Å². The second-order valence-electron chi connectivity index (χ2n) is 6.73. The van der Waals surface area contributed by atoms with Crippen LogP contribution in [0.3, 0.4) is 0 Å². The van der Waals surface area contributed by atoms with E-state index < -0.39 is 6.03 Å². The fourth-order valence-electron chi connectivity index (χ4n) is 2.68. The molecule has 0 saturated carbocycles. The van der Waals surface area contributed by atoms with Gasteiger partial charge in [-0.15, -0.1) is 0 Å². The van der Waals surface area contributed by atoms with Crippen molar-refractivity contribution >= 4 is 11.9 Å². The molecule has 0 aliphatic carbocycles. The van der Waals surface area contributed by atoms with Crippen LogP contribution in [0.5, 0.6) is 5.75 Å². The highest BCUT2D eigenvalue weighted by Crippen LogP contribution is 2.23. The average molecular weight is 387 g/mol. The fourth-order valence-corrected chi connectivity index (χ4v) is 2.68. The minimum atomic E-state index is -0.468. The predicted molar refractivity (Wildman–Crippen MR) is 105 cm³/mol. The molecule has 0 aromatic heterocycles. The van der Waals surface area contributed by atoms with Crippen molar-refractivity contribution in [2.75, 3.05) is 13.7 Å². The molecule has 0 heterocycles. The molecule has 2 aromatic rings. The molecule has 0 fully saturated rings. The Labute approximate surface area is 164 Å². The third kappa shape index (κ3) is 6.57. The SMILES string of the molecule is COc1ccc(C(NC(=O)CNC(=O)NCc2ccc(F)cc2)C(C)C)cc1. The maximum Gasteiger partial charge on any atom is 0.315 e. The summed E-state index contributed by atoms with van der Waals surface area (Å²) >= 11 is 0. The maximum atomic E-state index is 12.9. The molecule has 0 aliphatic heterocycles. The molecule has 150 valence electrons. The number of hydrogen-bond acceptors (Lipinski definition) is 3. The standard InChI is InChI=1S/C21H26FN3O3/c1-14(2)20(16-6-10-18(28-3)11-7-16)25-19(26)13-24-21(27)23-12-15-4-8-17(22)9-5-15/h4-11,14,20H,12-13H2,1-3H3,(H,25,26)(H2,23,24,27). The van der Waals surface area contributed by atoms with Crippen molar-refractivity contribution in [3.05, 3.63) is 65.5 Å². The third-order valence-corrected chi connectivity index (χ3v) is 4.23. The number of ether oxygens (including phenoxy) is 1. The van der Waals surface area contributed by atoms with Crippen molar-refractivity contribution in [1.29, 1.82) is 0 Å². The van der Waals surface area contributed by atoms with Gasteiger partial charge in [0.2, 0.25) is 5.91 Å². The van der Waals surface area contributed by atoms with Gasteiger partial charge in [-0.3, -0.25) is 4.79 Å². The van der Waals surface area contributed by atoms with Gasteiger partial charge in [0.05, 0.1) is 19.7 Å². The number of amides is 3. The number of carbonyl (C=O) groups is 2. The van der Waals surface area contributed by atoms with E-state index in [0.29, 0.717) is 0 Å². The van der Waals surface area contributed by atoms with Crippen molar-refractivity contribution < 1.29 is 18.7 Å². The summed E-state index contributed by atoms with van der Waals surface area (Å²) in [5, 5.41) is 8.09. The first-order valence-electron chi connectivity index (χ1n) is 9.08. The number of benzene rings is 2. The molecule has 2 aromatic carbocycles. The number of methoxy groups -OCH3 is 1. The first-order valence-corrected chi connectivity index (χ1v) is 9.08. The highest BCUT2D eigenvalue weighted by molar-refractivity contribution is 5.84. The Morgan fingerprint density at radius 2 is 1.64 bits per heavy atom. The van der Waals surface area contributed by atoms with Gasteiger partial charge < -0.3 is 20.7 Å². The second kappa shape index (κ2) is 10.3. The van der Waals surface area contributed by atoms with Crippen LogP contribution in [0.15, 0.2) is 48.5 Å². The zero-order valence-electron chi connectivity index (χ0n) is 16.3. The van der Waals surface area contributed by atoms with Crippen LogP contribution >= 0.6 is 0 Å². The van der Waals surface area contributed by atoms with Crippen LogP contribution < -0.4 is 20.7 Å². The molecular weight excluding hydrogens is 361 g/mol. The Bertz CT molecular complexity index is 776. The van der Waals surface area contributed by atoms with Gasteiger partial charge in [-0.2, -0.15) is 0 Å². The van der Waals surface area contributed by atoms with Crippen LogP contribution in [0, 0.1) is 11.7 Å². The Morgan fingerprint density at radius 3 is 2.21 bits per heavy atom. The summed E-state index contributed by atoms with van der Waals surface area (Å²) < 4.78 is 18.0. The van der Waals surface area contributed by atoms with Crippen molar-refractivity contribution in [2.24, 2.45) is 5.92 Å². The van der Waals surface area contributed by atoms with E-state index in [-0.39, 0.29) is 36.8 Å². The summed E-state index contributed by atoms with van der Waals surface area (Å²) in [7, 11) is 1.60. The van der Waals surface area contributed by atoms with E-state index in [1.807, 2.05) is 38.1 Å². The van der Waals surface area contributed by atoms with E-state index in [4.69, 9.17) is 4.74 Å². The number of urea groups is 1. The molecule has 0 radical (unpaired) electrons. The highest BCUT2D eigenvalue weighted by atomic mass is 19.1. The average Bonchev–Trinajstić information content (AvgIpc) is 2.70. The van der Waals surface area contributed by atoms with Gasteiger partial charge >= 0.3 is 6.03 Å². The first-order chi connectivity index (χ1) is 13.4. The Hall–Kier alpha value is -3.09. The molecule has 0 aliphatic rings. The van der Waals surface area contributed by atoms with Crippen molar-refractivity contribution in [2.45, 2.75) is 26.4 Å². The van der Waals surface area contributed by atoms with Gasteiger partial charge in [-0.25, -0.2) is 9.18 Å². The Morgan fingerprint density at radius 1 is 1.00 bits per heavy atom. The zero-order chi connectivity index (χ0) is 20.5. The van der Waals surface area contributed by atoms with E-state index in [1.165, 1.54) is 12.1 Å². The number of rotatable bonds is 8. The molecule has 1 unspecified atom stereocenters. The lowest BCUT2D eigenvalue weighted by molar-refractivity contribution is -0.121. The summed E-state index contributed by atoms with van der Waals surface area (Å²) in [6, 6.07) is 12.7.